The highest BCUT2D eigenvalue weighted by Crippen LogP contribution is 2.21. The van der Waals surface area contributed by atoms with Gasteiger partial charge in [0, 0.05) is 13.0 Å². The van der Waals surface area contributed by atoms with Gasteiger partial charge in [0.2, 0.25) is 0 Å². The minimum atomic E-state index is -0.116. The van der Waals surface area contributed by atoms with Crippen molar-refractivity contribution in [2.45, 2.75) is 76.6 Å². The third-order valence-corrected chi connectivity index (χ3v) is 3.79. The van der Waals surface area contributed by atoms with Crippen LogP contribution in [0.15, 0.2) is 0 Å². The molecule has 1 N–H and O–H groups in total. The van der Waals surface area contributed by atoms with E-state index in [-0.39, 0.29) is 25.0 Å². The highest BCUT2D eigenvalue weighted by atomic mass is 16.7. The summed E-state index contributed by atoms with van der Waals surface area (Å²) in [4.78, 5) is 10.9. The summed E-state index contributed by atoms with van der Waals surface area (Å²) in [6.45, 7) is 0.947. The zero-order valence-corrected chi connectivity index (χ0v) is 13.2. The van der Waals surface area contributed by atoms with Crippen molar-refractivity contribution >= 4 is 5.97 Å². The molecule has 0 amide bonds. The average Bonchev–Trinajstić information content (AvgIpc) is 2.94. The molecule has 0 radical (unpaired) electrons. The summed E-state index contributed by atoms with van der Waals surface area (Å²) in [5.41, 5.74) is 0. The van der Waals surface area contributed by atoms with Crippen LogP contribution in [0.25, 0.3) is 0 Å². The van der Waals surface area contributed by atoms with Crippen LogP contribution in [0.2, 0.25) is 0 Å². The normalized spacial score (nSPS) is 21.6. The Labute approximate surface area is 128 Å². The molecule has 2 unspecified atom stereocenters. The maximum atomic E-state index is 10.9. The predicted molar refractivity (Wildman–Crippen MR) is 79.9 cm³/mol. The van der Waals surface area contributed by atoms with E-state index in [1.54, 1.807) is 0 Å². The van der Waals surface area contributed by atoms with E-state index in [0.29, 0.717) is 13.0 Å². The Morgan fingerprint density at radius 2 is 1.81 bits per heavy atom. The van der Waals surface area contributed by atoms with Crippen LogP contribution >= 0.6 is 0 Å². The van der Waals surface area contributed by atoms with Gasteiger partial charge in [0.1, 0.15) is 0 Å². The summed E-state index contributed by atoms with van der Waals surface area (Å²) in [6.07, 6.45) is 9.85. The van der Waals surface area contributed by atoms with Gasteiger partial charge in [-0.25, -0.2) is 0 Å². The van der Waals surface area contributed by atoms with Crippen LogP contribution < -0.4 is 0 Å². The smallest absolute Gasteiger partial charge is 0.305 e. The number of aliphatic hydroxyl groups excluding tert-OH is 1. The zero-order valence-electron chi connectivity index (χ0n) is 13.2. The van der Waals surface area contributed by atoms with Crippen molar-refractivity contribution in [2.75, 3.05) is 20.3 Å². The molecule has 0 aliphatic carbocycles. The molecule has 0 bridgehead atoms. The lowest BCUT2D eigenvalue weighted by Crippen LogP contribution is -2.12. The van der Waals surface area contributed by atoms with Crippen molar-refractivity contribution in [3.8, 4) is 0 Å². The molecule has 1 rings (SSSR count). The Kier molecular flexibility index (Phi) is 10.5. The van der Waals surface area contributed by atoms with Crippen molar-refractivity contribution in [2.24, 2.45) is 0 Å². The molecule has 5 heteroatoms. The number of carbonyl (C=O) groups excluding carboxylic acids is 1. The number of hydrogen-bond donors (Lipinski definition) is 1. The molecule has 2 atom stereocenters. The molecular formula is C16H30O5. The molecule has 21 heavy (non-hydrogen) atoms. The van der Waals surface area contributed by atoms with E-state index in [1.807, 2.05) is 0 Å². The van der Waals surface area contributed by atoms with E-state index in [2.05, 4.69) is 4.74 Å². The first-order valence-electron chi connectivity index (χ1n) is 8.21. The first kappa shape index (κ1) is 18.4. The van der Waals surface area contributed by atoms with Crippen molar-refractivity contribution in [1.29, 1.82) is 0 Å². The Hall–Kier alpha value is -0.650. The average molecular weight is 302 g/mol. The lowest BCUT2D eigenvalue weighted by molar-refractivity contribution is -0.140. The summed E-state index contributed by atoms with van der Waals surface area (Å²) in [5, 5.41) is 8.74. The maximum Gasteiger partial charge on any atom is 0.305 e. The third kappa shape index (κ3) is 9.06. The van der Waals surface area contributed by atoms with Crippen LogP contribution in [-0.4, -0.2) is 43.8 Å². The van der Waals surface area contributed by atoms with Crippen LogP contribution in [0.4, 0.5) is 0 Å². The van der Waals surface area contributed by atoms with Gasteiger partial charge < -0.3 is 19.3 Å². The van der Waals surface area contributed by atoms with Gasteiger partial charge >= 0.3 is 5.97 Å². The number of unbranched alkanes of at least 4 members (excludes halogenated alkanes) is 5. The second-order valence-electron chi connectivity index (χ2n) is 5.62. The fourth-order valence-corrected chi connectivity index (χ4v) is 2.51. The first-order chi connectivity index (χ1) is 10.3. The van der Waals surface area contributed by atoms with Crippen LogP contribution in [0, 0.1) is 0 Å². The molecule has 1 aliphatic rings. The highest BCUT2D eigenvalue weighted by Gasteiger charge is 2.24. The van der Waals surface area contributed by atoms with Crippen molar-refractivity contribution in [1.82, 2.24) is 0 Å². The van der Waals surface area contributed by atoms with E-state index in [9.17, 15) is 4.79 Å². The molecule has 1 saturated heterocycles. The Balaban J connectivity index is 1.89. The minimum absolute atomic E-state index is 0.0424. The Morgan fingerprint density at radius 3 is 2.57 bits per heavy atom. The molecule has 5 nitrogen and oxygen atoms in total. The van der Waals surface area contributed by atoms with E-state index in [1.165, 1.54) is 7.11 Å². The van der Waals surface area contributed by atoms with E-state index in [4.69, 9.17) is 14.6 Å². The lowest BCUT2D eigenvalue weighted by atomic mass is 10.1. The zero-order chi connectivity index (χ0) is 15.3. The molecule has 0 aromatic heterocycles. The van der Waals surface area contributed by atoms with Gasteiger partial charge in [-0.1, -0.05) is 19.3 Å². The van der Waals surface area contributed by atoms with E-state index >= 15 is 0 Å². The van der Waals surface area contributed by atoms with Gasteiger partial charge in [0.25, 0.3) is 0 Å². The number of methoxy groups -OCH3 is 1. The standard InChI is InChI=1S/C16H30O5/c1-19-15(18)10-5-3-2-4-6-11-16-20-13-14(21-16)9-7-8-12-17/h14,16-17H,2-13H2,1H3. The molecule has 1 heterocycles. The maximum absolute atomic E-state index is 10.9. The summed E-state index contributed by atoms with van der Waals surface area (Å²) in [5.74, 6) is -0.116. The van der Waals surface area contributed by atoms with Crippen LogP contribution in [0.5, 0.6) is 0 Å². The third-order valence-electron chi connectivity index (χ3n) is 3.79. The van der Waals surface area contributed by atoms with E-state index in [0.717, 1.165) is 57.8 Å². The van der Waals surface area contributed by atoms with E-state index < -0.39 is 0 Å². The molecular weight excluding hydrogens is 272 g/mol. The van der Waals surface area contributed by atoms with Gasteiger partial charge in [-0.2, -0.15) is 0 Å². The van der Waals surface area contributed by atoms with Gasteiger partial charge in [-0.15, -0.1) is 0 Å². The lowest BCUT2D eigenvalue weighted by Gasteiger charge is -2.11. The molecule has 0 spiro atoms. The summed E-state index contributed by atoms with van der Waals surface area (Å²) in [6, 6.07) is 0. The van der Waals surface area contributed by atoms with Crippen molar-refractivity contribution < 1.29 is 24.1 Å². The summed E-state index contributed by atoms with van der Waals surface area (Å²) >= 11 is 0. The largest absolute Gasteiger partial charge is 0.469 e. The summed E-state index contributed by atoms with van der Waals surface area (Å²) < 4.78 is 16.0. The minimum Gasteiger partial charge on any atom is -0.469 e. The summed E-state index contributed by atoms with van der Waals surface area (Å²) in [7, 11) is 1.43. The number of aliphatic hydroxyl groups is 1. The fourth-order valence-electron chi connectivity index (χ4n) is 2.51. The highest BCUT2D eigenvalue weighted by molar-refractivity contribution is 5.68. The molecule has 124 valence electrons. The topological polar surface area (TPSA) is 65.0 Å². The van der Waals surface area contributed by atoms with Gasteiger partial charge in [-0.3, -0.25) is 4.79 Å². The Morgan fingerprint density at radius 1 is 1.10 bits per heavy atom. The molecule has 0 saturated carbocycles. The van der Waals surface area contributed by atoms with Gasteiger partial charge in [0.15, 0.2) is 6.29 Å². The second kappa shape index (κ2) is 12.0. The van der Waals surface area contributed by atoms with Crippen molar-refractivity contribution in [3.05, 3.63) is 0 Å². The number of esters is 1. The quantitative estimate of drug-likeness (QED) is 0.443. The number of carbonyl (C=O) groups is 1. The number of hydrogen-bond acceptors (Lipinski definition) is 5. The molecule has 1 fully saturated rings. The number of rotatable bonds is 12. The van der Waals surface area contributed by atoms with Crippen LogP contribution in [0.1, 0.15) is 64.2 Å². The van der Waals surface area contributed by atoms with Crippen LogP contribution in [-0.2, 0) is 19.0 Å². The number of ether oxygens (including phenoxy) is 3. The second-order valence-corrected chi connectivity index (χ2v) is 5.62. The van der Waals surface area contributed by atoms with Crippen LogP contribution in [0.3, 0.4) is 0 Å². The Bertz CT molecular complexity index is 269. The molecule has 0 aromatic carbocycles. The first-order valence-corrected chi connectivity index (χ1v) is 8.21. The van der Waals surface area contributed by atoms with Crippen molar-refractivity contribution in [3.63, 3.8) is 0 Å². The molecule has 1 aliphatic heterocycles. The predicted octanol–water partition coefficient (Wildman–Crippen LogP) is 2.79. The van der Waals surface area contributed by atoms with Gasteiger partial charge in [0.05, 0.1) is 19.8 Å². The fraction of sp³-hybridized carbons (Fsp3) is 0.938. The monoisotopic (exact) mass is 302 g/mol. The van der Waals surface area contributed by atoms with Gasteiger partial charge in [-0.05, 0) is 38.5 Å². The SMILES string of the molecule is COC(=O)CCCCCCCC1OCC(CCCCO)O1. The molecule has 0 aromatic rings.